The normalized spacial score (nSPS) is 16.5. The molecular formula is C32H30FN3O6. The van der Waals surface area contributed by atoms with E-state index in [2.05, 4.69) is 10.3 Å². The zero-order chi connectivity index (χ0) is 29.2. The van der Waals surface area contributed by atoms with Crippen molar-refractivity contribution in [3.05, 3.63) is 101 Å². The fourth-order valence-electron chi connectivity index (χ4n) is 5.48. The largest absolute Gasteiger partial charge is 0.493 e. The van der Waals surface area contributed by atoms with Gasteiger partial charge in [0.15, 0.2) is 23.6 Å². The van der Waals surface area contributed by atoms with Gasteiger partial charge in [0, 0.05) is 19.5 Å². The Morgan fingerprint density at radius 2 is 1.98 bits per heavy atom. The molecule has 0 aliphatic carbocycles. The Morgan fingerprint density at radius 3 is 2.81 bits per heavy atom. The molecule has 8 bridgehead atoms. The van der Waals surface area contributed by atoms with Gasteiger partial charge in [0.1, 0.15) is 23.1 Å². The number of nitrogens with one attached hydrogen (secondary N) is 1. The van der Waals surface area contributed by atoms with Crippen LogP contribution in [0.1, 0.15) is 62.7 Å². The number of ether oxygens (including phenoxy) is 3. The minimum absolute atomic E-state index is 0.101. The van der Waals surface area contributed by atoms with Gasteiger partial charge in [0.2, 0.25) is 0 Å². The summed E-state index contributed by atoms with van der Waals surface area (Å²) >= 11 is 0. The van der Waals surface area contributed by atoms with Crippen LogP contribution in [0.25, 0.3) is 0 Å². The lowest BCUT2D eigenvalue weighted by atomic mass is 9.87. The summed E-state index contributed by atoms with van der Waals surface area (Å²) in [7, 11) is 1.56. The minimum atomic E-state index is -0.636. The molecule has 1 atom stereocenters. The number of oxazole rings is 1. The van der Waals surface area contributed by atoms with Crippen LogP contribution < -0.4 is 19.5 Å². The van der Waals surface area contributed by atoms with Crippen LogP contribution in [0.15, 0.2) is 65.4 Å². The van der Waals surface area contributed by atoms with E-state index in [1.807, 2.05) is 42.2 Å². The third-order valence-corrected chi connectivity index (χ3v) is 7.55. The van der Waals surface area contributed by atoms with E-state index >= 15 is 0 Å². The van der Waals surface area contributed by atoms with E-state index in [-0.39, 0.29) is 24.6 Å². The molecule has 0 radical (unpaired) electrons. The summed E-state index contributed by atoms with van der Waals surface area (Å²) in [5.74, 6) is 1.09. The highest BCUT2D eigenvalue weighted by Crippen LogP contribution is 2.41. The second kappa shape index (κ2) is 11.6. The number of aryl methyl sites for hydroxylation is 1. The molecule has 0 spiro atoms. The van der Waals surface area contributed by atoms with Crippen LogP contribution >= 0.6 is 0 Å². The third kappa shape index (κ3) is 5.15. The summed E-state index contributed by atoms with van der Waals surface area (Å²) in [4.78, 5) is 32.7. The monoisotopic (exact) mass is 571 g/mol. The van der Waals surface area contributed by atoms with E-state index in [0.29, 0.717) is 60.3 Å². The van der Waals surface area contributed by atoms with Gasteiger partial charge in [-0.3, -0.25) is 9.59 Å². The summed E-state index contributed by atoms with van der Waals surface area (Å²) in [5, 5.41) is 2.74. The molecule has 0 saturated carbocycles. The van der Waals surface area contributed by atoms with Crippen molar-refractivity contribution in [3.63, 3.8) is 0 Å². The number of carbonyl (C=O) groups excluding carboxylic acids is 2. The van der Waals surface area contributed by atoms with Gasteiger partial charge in [-0.1, -0.05) is 19.1 Å². The van der Waals surface area contributed by atoms with Crippen molar-refractivity contribution >= 4 is 11.8 Å². The minimum Gasteiger partial charge on any atom is -0.493 e. The molecule has 4 aromatic rings. The smallest absolute Gasteiger partial charge is 0.276 e. The average Bonchev–Trinajstić information content (AvgIpc) is 3.49. The summed E-state index contributed by atoms with van der Waals surface area (Å²) in [6.07, 6.45) is 2.90. The molecule has 4 heterocycles. The van der Waals surface area contributed by atoms with E-state index in [9.17, 15) is 14.0 Å². The van der Waals surface area contributed by atoms with Crippen molar-refractivity contribution < 1.29 is 32.6 Å². The van der Waals surface area contributed by atoms with Gasteiger partial charge in [-0.25, -0.2) is 9.37 Å². The Balaban J connectivity index is 1.46. The highest BCUT2D eigenvalue weighted by atomic mass is 19.1. The number of benzene rings is 3. The van der Waals surface area contributed by atoms with Crippen molar-refractivity contribution in [2.75, 3.05) is 26.8 Å². The lowest BCUT2D eigenvalue weighted by Crippen LogP contribution is -2.41. The fourth-order valence-corrected chi connectivity index (χ4v) is 5.48. The average molecular weight is 572 g/mol. The predicted octanol–water partition coefficient (Wildman–Crippen LogP) is 5.48. The van der Waals surface area contributed by atoms with Crippen molar-refractivity contribution in [1.82, 2.24) is 15.2 Å². The van der Waals surface area contributed by atoms with Crippen LogP contribution in [0.5, 0.6) is 23.0 Å². The molecule has 3 aliphatic rings. The van der Waals surface area contributed by atoms with E-state index in [4.69, 9.17) is 18.6 Å². The molecule has 2 amide bonds. The molecule has 216 valence electrons. The third-order valence-electron chi connectivity index (χ3n) is 7.55. The van der Waals surface area contributed by atoms with Gasteiger partial charge < -0.3 is 28.8 Å². The van der Waals surface area contributed by atoms with E-state index in [1.54, 1.807) is 13.2 Å². The molecule has 1 N–H and O–H groups in total. The Morgan fingerprint density at radius 1 is 1.14 bits per heavy atom. The number of halogens is 1. The number of hydrogen-bond acceptors (Lipinski definition) is 7. The lowest BCUT2D eigenvalue weighted by molar-refractivity contribution is 0.0686. The predicted molar refractivity (Wildman–Crippen MR) is 151 cm³/mol. The molecule has 10 heteroatoms. The van der Waals surface area contributed by atoms with Gasteiger partial charge in [-0.15, -0.1) is 0 Å². The number of nitrogens with zero attached hydrogens (tertiary/aromatic N) is 2. The van der Waals surface area contributed by atoms with Gasteiger partial charge in [0.25, 0.3) is 11.8 Å². The van der Waals surface area contributed by atoms with E-state index in [0.717, 1.165) is 16.7 Å². The SMILES string of the molecule is CCc1ocnc1C(=O)N1CCc2cc3ccc2C1c1ccc(OC)c(c1)OCCCNC(=O)c1cc(ccc1F)O3. The number of hydrogen-bond donors (Lipinski definition) is 1. The highest BCUT2D eigenvalue weighted by Gasteiger charge is 2.35. The second-order valence-corrected chi connectivity index (χ2v) is 10.1. The molecule has 7 rings (SSSR count). The lowest BCUT2D eigenvalue weighted by Gasteiger charge is -2.38. The van der Waals surface area contributed by atoms with Gasteiger partial charge in [-0.05, 0) is 72.0 Å². The van der Waals surface area contributed by atoms with Crippen LogP contribution in [-0.4, -0.2) is 48.5 Å². The molecule has 1 aromatic heterocycles. The molecule has 1 unspecified atom stereocenters. The van der Waals surface area contributed by atoms with Crippen LogP contribution in [0.2, 0.25) is 0 Å². The zero-order valence-corrected chi connectivity index (χ0v) is 23.3. The summed E-state index contributed by atoms with van der Waals surface area (Å²) < 4.78 is 37.7. The topological polar surface area (TPSA) is 103 Å². The van der Waals surface area contributed by atoms with Crippen molar-refractivity contribution in [1.29, 1.82) is 0 Å². The van der Waals surface area contributed by atoms with Gasteiger partial charge in [0.05, 0.1) is 25.3 Å². The number of rotatable bonds is 3. The van der Waals surface area contributed by atoms with E-state index in [1.165, 1.54) is 24.6 Å². The fraction of sp³-hybridized carbons (Fsp3) is 0.281. The van der Waals surface area contributed by atoms with Gasteiger partial charge in [-0.2, -0.15) is 0 Å². The maximum absolute atomic E-state index is 14.5. The number of fused-ring (bicyclic) bond motifs is 6. The Kier molecular flexibility index (Phi) is 7.52. The molecule has 3 aliphatic heterocycles. The summed E-state index contributed by atoms with van der Waals surface area (Å²) in [5.41, 5.74) is 2.97. The van der Waals surface area contributed by atoms with Gasteiger partial charge >= 0.3 is 0 Å². The maximum Gasteiger partial charge on any atom is 0.276 e. The summed E-state index contributed by atoms with van der Waals surface area (Å²) in [6.45, 7) is 2.90. The van der Waals surface area contributed by atoms with Crippen molar-refractivity contribution in [2.45, 2.75) is 32.2 Å². The molecular weight excluding hydrogens is 541 g/mol. The number of amides is 2. The Labute approximate surface area is 242 Å². The first kappa shape index (κ1) is 27.3. The molecule has 0 fully saturated rings. The zero-order valence-electron chi connectivity index (χ0n) is 23.3. The van der Waals surface area contributed by atoms with Crippen molar-refractivity contribution in [2.24, 2.45) is 0 Å². The van der Waals surface area contributed by atoms with E-state index < -0.39 is 17.8 Å². The molecule has 9 nitrogen and oxygen atoms in total. The van der Waals surface area contributed by atoms with Crippen LogP contribution in [0, 0.1) is 5.82 Å². The highest BCUT2D eigenvalue weighted by molar-refractivity contribution is 5.95. The standard InChI is InChI=1S/C32H30FN3O6/c1-3-26-29(35-18-41-26)32(38)36-13-11-19-15-21-6-8-23(19)30(36)20-5-10-27(39-2)28(16-20)40-14-4-12-34-31(37)24-17-22(42-21)7-9-25(24)33/h5-10,15-18,30H,3-4,11-14H2,1-2H3,(H,34,37). The quantitative estimate of drug-likeness (QED) is 0.348. The Hall–Kier alpha value is -4.86. The molecule has 3 aromatic carbocycles. The van der Waals surface area contributed by atoms with Crippen molar-refractivity contribution in [3.8, 4) is 23.0 Å². The number of methoxy groups -OCH3 is 1. The second-order valence-electron chi connectivity index (χ2n) is 10.1. The first-order chi connectivity index (χ1) is 20.5. The van der Waals surface area contributed by atoms with Crippen LogP contribution in [0.4, 0.5) is 4.39 Å². The van der Waals surface area contributed by atoms with Crippen LogP contribution in [0.3, 0.4) is 0 Å². The first-order valence-corrected chi connectivity index (χ1v) is 13.9. The molecule has 0 saturated heterocycles. The Bertz CT molecular complexity index is 1650. The number of carbonyl (C=O) groups is 2. The first-order valence-electron chi connectivity index (χ1n) is 13.9. The molecule has 42 heavy (non-hydrogen) atoms. The number of aromatic nitrogens is 1. The van der Waals surface area contributed by atoms with Crippen LogP contribution in [-0.2, 0) is 12.8 Å². The summed E-state index contributed by atoms with van der Waals surface area (Å²) in [6, 6.07) is 15.0. The maximum atomic E-state index is 14.5.